The van der Waals surface area contributed by atoms with Gasteiger partial charge in [0.2, 0.25) is 0 Å². The molecule has 0 spiro atoms. The van der Waals surface area contributed by atoms with Crippen molar-refractivity contribution in [1.29, 1.82) is 0 Å². The second-order valence-corrected chi connectivity index (χ2v) is 3.07. The second-order valence-electron chi connectivity index (χ2n) is 3.07. The summed E-state index contributed by atoms with van der Waals surface area (Å²) in [6.45, 7) is 0. The van der Waals surface area contributed by atoms with Crippen LogP contribution >= 0.6 is 0 Å². The molecule has 1 aromatic heterocycles. The van der Waals surface area contributed by atoms with Gasteiger partial charge in [-0.3, -0.25) is 0 Å². The summed E-state index contributed by atoms with van der Waals surface area (Å²) in [7, 11) is 1.63. The minimum atomic E-state index is 0.557. The van der Waals surface area contributed by atoms with E-state index in [9.17, 15) is 0 Å². The van der Waals surface area contributed by atoms with Crippen LogP contribution in [0.1, 0.15) is 0 Å². The van der Waals surface area contributed by atoms with Gasteiger partial charge in [-0.1, -0.05) is 12.1 Å². The van der Waals surface area contributed by atoms with Gasteiger partial charge in [-0.25, -0.2) is 9.97 Å². The maximum atomic E-state index is 5.51. The van der Waals surface area contributed by atoms with Gasteiger partial charge < -0.3 is 10.5 Å². The first-order valence-electron chi connectivity index (χ1n) is 4.51. The van der Waals surface area contributed by atoms with Crippen molar-refractivity contribution >= 4 is 5.69 Å². The molecule has 0 saturated carbocycles. The quantitative estimate of drug-likeness (QED) is 0.803. The molecular weight excluding hydrogens is 190 g/mol. The van der Waals surface area contributed by atoms with Crippen molar-refractivity contribution in [1.82, 2.24) is 9.97 Å². The highest BCUT2D eigenvalue weighted by molar-refractivity contribution is 5.57. The molecule has 1 aromatic carbocycles. The Labute approximate surface area is 87.7 Å². The molecule has 0 amide bonds. The molecule has 0 aliphatic carbocycles. The lowest BCUT2D eigenvalue weighted by Gasteiger charge is -2.03. The Morgan fingerprint density at radius 3 is 2.60 bits per heavy atom. The molecule has 2 aromatic rings. The maximum absolute atomic E-state index is 5.51. The summed E-state index contributed by atoms with van der Waals surface area (Å²) in [5.41, 5.74) is 6.98. The van der Waals surface area contributed by atoms with E-state index < -0.39 is 0 Å². The fourth-order valence-corrected chi connectivity index (χ4v) is 1.25. The van der Waals surface area contributed by atoms with Crippen molar-refractivity contribution in [3.05, 3.63) is 36.7 Å². The normalized spacial score (nSPS) is 9.93. The summed E-state index contributed by atoms with van der Waals surface area (Å²) >= 11 is 0. The van der Waals surface area contributed by atoms with E-state index in [2.05, 4.69) is 9.97 Å². The third-order valence-electron chi connectivity index (χ3n) is 2.00. The fourth-order valence-electron chi connectivity index (χ4n) is 1.25. The van der Waals surface area contributed by atoms with Gasteiger partial charge in [-0.15, -0.1) is 0 Å². The molecule has 0 aliphatic rings. The molecule has 4 heteroatoms. The number of rotatable bonds is 2. The lowest BCUT2D eigenvalue weighted by Crippen LogP contribution is -1.92. The minimum absolute atomic E-state index is 0.557. The maximum Gasteiger partial charge on any atom is 0.159 e. The van der Waals surface area contributed by atoms with Gasteiger partial charge in [0, 0.05) is 5.56 Å². The highest BCUT2D eigenvalue weighted by atomic mass is 16.5. The average Bonchev–Trinajstić information content (AvgIpc) is 2.30. The van der Waals surface area contributed by atoms with Gasteiger partial charge in [0.15, 0.2) is 5.82 Å². The standard InChI is InChI=1S/C11H11N3O/c1-15-10-4-2-3-8(5-10)11-13-6-9(12)7-14-11/h2-7H,12H2,1H3. The number of hydrogen-bond acceptors (Lipinski definition) is 4. The number of hydrogen-bond donors (Lipinski definition) is 1. The summed E-state index contributed by atoms with van der Waals surface area (Å²) in [4.78, 5) is 8.26. The van der Waals surface area contributed by atoms with Crippen LogP contribution < -0.4 is 10.5 Å². The summed E-state index contributed by atoms with van der Waals surface area (Å²) in [5.74, 6) is 1.43. The minimum Gasteiger partial charge on any atom is -0.497 e. The Morgan fingerprint density at radius 2 is 1.93 bits per heavy atom. The number of anilines is 1. The number of nitrogens with two attached hydrogens (primary N) is 1. The monoisotopic (exact) mass is 201 g/mol. The van der Waals surface area contributed by atoms with Crippen LogP contribution in [-0.4, -0.2) is 17.1 Å². The van der Waals surface area contributed by atoms with Gasteiger partial charge >= 0.3 is 0 Å². The molecule has 2 rings (SSSR count). The molecule has 4 nitrogen and oxygen atoms in total. The van der Waals surface area contributed by atoms with Crippen LogP contribution in [0.4, 0.5) is 5.69 Å². The summed E-state index contributed by atoms with van der Waals surface area (Å²) in [6, 6.07) is 7.58. The molecule has 76 valence electrons. The van der Waals surface area contributed by atoms with Gasteiger partial charge in [-0.05, 0) is 12.1 Å². The SMILES string of the molecule is COc1cccc(-c2ncc(N)cn2)c1. The first-order valence-corrected chi connectivity index (χ1v) is 4.51. The average molecular weight is 201 g/mol. The van der Waals surface area contributed by atoms with Crippen LogP contribution in [0.3, 0.4) is 0 Å². The Kier molecular flexibility index (Phi) is 2.49. The van der Waals surface area contributed by atoms with Gasteiger partial charge in [0.25, 0.3) is 0 Å². The zero-order valence-corrected chi connectivity index (χ0v) is 8.34. The molecule has 0 saturated heterocycles. The van der Waals surface area contributed by atoms with Gasteiger partial charge in [-0.2, -0.15) is 0 Å². The van der Waals surface area contributed by atoms with E-state index in [0.29, 0.717) is 11.5 Å². The molecule has 0 atom stereocenters. The van der Waals surface area contributed by atoms with Crippen molar-refractivity contribution in [2.24, 2.45) is 0 Å². The van der Waals surface area contributed by atoms with Crippen molar-refractivity contribution in [3.8, 4) is 17.1 Å². The first kappa shape index (κ1) is 9.45. The predicted molar refractivity (Wildman–Crippen MR) is 58.4 cm³/mol. The topological polar surface area (TPSA) is 61.0 Å². The van der Waals surface area contributed by atoms with E-state index in [0.717, 1.165) is 11.3 Å². The van der Waals surface area contributed by atoms with Gasteiger partial charge in [0.1, 0.15) is 5.75 Å². The smallest absolute Gasteiger partial charge is 0.159 e. The fraction of sp³-hybridized carbons (Fsp3) is 0.0909. The van der Waals surface area contributed by atoms with Gasteiger partial charge in [0.05, 0.1) is 25.2 Å². The number of benzene rings is 1. The third-order valence-corrected chi connectivity index (χ3v) is 2.00. The number of ether oxygens (including phenoxy) is 1. The zero-order chi connectivity index (χ0) is 10.7. The van der Waals surface area contributed by atoms with Crippen molar-refractivity contribution in [2.75, 3.05) is 12.8 Å². The Hall–Kier alpha value is -2.10. The molecule has 0 radical (unpaired) electrons. The zero-order valence-electron chi connectivity index (χ0n) is 8.34. The second kappa shape index (κ2) is 3.96. The van der Waals surface area contributed by atoms with Crippen LogP contribution in [-0.2, 0) is 0 Å². The largest absolute Gasteiger partial charge is 0.497 e. The summed E-state index contributed by atoms with van der Waals surface area (Å²) < 4.78 is 5.12. The third kappa shape index (κ3) is 2.04. The van der Waals surface area contributed by atoms with Crippen LogP contribution in [0.25, 0.3) is 11.4 Å². The summed E-state index contributed by atoms with van der Waals surface area (Å²) in [6.07, 6.45) is 3.17. The van der Waals surface area contributed by atoms with Crippen molar-refractivity contribution in [2.45, 2.75) is 0 Å². The molecule has 2 N–H and O–H groups in total. The lowest BCUT2D eigenvalue weighted by atomic mass is 10.2. The molecule has 0 aliphatic heterocycles. The van der Waals surface area contributed by atoms with E-state index in [1.807, 2.05) is 24.3 Å². The van der Waals surface area contributed by atoms with E-state index >= 15 is 0 Å². The number of nitrogen functional groups attached to an aromatic ring is 1. The molecular formula is C11H11N3O. The predicted octanol–water partition coefficient (Wildman–Crippen LogP) is 1.73. The highest BCUT2D eigenvalue weighted by Gasteiger charge is 2.01. The Balaban J connectivity index is 2.40. The van der Waals surface area contributed by atoms with E-state index in [-0.39, 0.29) is 0 Å². The lowest BCUT2D eigenvalue weighted by molar-refractivity contribution is 0.415. The van der Waals surface area contributed by atoms with Crippen LogP contribution in [0, 0.1) is 0 Å². The molecule has 0 unspecified atom stereocenters. The molecule has 1 heterocycles. The van der Waals surface area contributed by atoms with Crippen LogP contribution in [0.2, 0.25) is 0 Å². The number of methoxy groups -OCH3 is 1. The highest BCUT2D eigenvalue weighted by Crippen LogP contribution is 2.20. The van der Waals surface area contributed by atoms with Crippen molar-refractivity contribution < 1.29 is 4.74 Å². The van der Waals surface area contributed by atoms with E-state index in [1.54, 1.807) is 19.5 Å². The summed E-state index contributed by atoms with van der Waals surface area (Å²) in [5, 5.41) is 0. The molecule has 0 bridgehead atoms. The van der Waals surface area contributed by atoms with Crippen LogP contribution in [0.5, 0.6) is 5.75 Å². The Bertz CT molecular complexity index is 454. The van der Waals surface area contributed by atoms with E-state index in [1.165, 1.54) is 0 Å². The molecule has 15 heavy (non-hydrogen) atoms. The first-order chi connectivity index (χ1) is 7.29. The van der Waals surface area contributed by atoms with E-state index in [4.69, 9.17) is 10.5 Å². The Morgan fingerprint density at radius 1 is 1.20 bits per heavy atom. The number of nitrogens with zero attached hydrogens (tertiary/aromatic N) is 2. The van der Waals surface area contributed by atoms with Crippen LogP contribution in [0.15, 0.2) is 36.7 Å². The van der Waals surface area contributed by atoms with Crippen molar-refractivity contribution in [3.63, 3.8) is 0 Å². The molecule has 0 fully saturated rings. The number of aromatic nitrogens is 2.